The van der Waals surface area contributed by atoms with Crippen LogP contribution in [0.25, 0.3) is 0 Å². The van der Waals surface area contributed by atoms with Crippen molar-refractivity contribution in [1.82, 2.24) is 19.6 Å². The lowest BCUT2D eigenvalue weighted by atomic mass is 10.0. The summed E-state index contributed by atoms with van der Waals surface area (Å²) in [5.74, 6) is -0.208. The molecule has 154 valence electrons. The number of rotatable bonds is 3. The van der Waals surface area contributed by atoms with Crippen LogP contribution in [0.5, 0.6) is 0 Å². The highest BCUT2D eigenvalue weighted by Crippen LogP contribution is 2.38. The number of carbonyl (C=O) groups is 3. The molecule has 2 aromatic heterocycles. The lowest BCUT2D eigenvalue weighted by Crippen LogP contribution is -2.36. The highest BCUT2D eigenvalue weighted by atomic mass is 32.1. The summed E-state index contributed by atoms with van der Waals surface area (Å²) < 4.78 is 1.85. The largest absolute Gasteiger partial charge is 0.337 e. The molecule has 2 aliphatic rings. The predicted molar refractivity (Wildman–Crippen MR) is 110 cm³/mol. The summed E-state index contributed by atoms with van der Waals surface area (Å²) in [6.45, 7) is 5.14. The molecule has 2 aromatic rings. The number of thiophene rings is 1. The third kappa shape index (κ3) is 3.43. The number of nitrogens with one attached hydrogen (secondary N) is 1. The minimum atomic E-state index is -0.187. The molecule has 0 bridgehead atoms. The molecule has 0 atom stereocenters. The van der Waals surface area contributed by atoms with E-state index in [4.69, 9.17) is 0 Å². The van der Waals surface area contributed by atoms with Crippen LogP contribution in [0.2, 0.25) is 0 Å². The SMILES string of the molecule is Cc1nn(C)c(C)c1CCC(=O)N1CCc2c(sc3c2C(=O)N(C)CC(=O)N3)C1. The van der Waals surface area contributed by atoms with E-state index in [2.05, 4.69) is 10.4 Å². The highest BCUT2D eigenvalue weighted by molar-refractivity contribution is 7.17. The summed E-state index contributed by atoms with van der Waals surface area (Å²) in [5, 5.41) is 7.88. The van der Waals surface area contributed by atoms with Gasteiger partial charge in [-0.1, -0.05) is 0 Å². The second kappa shape index (κ2) is 7.29. The smallest absolute Gasteiger partial charge is 0.257 e. The van der Waals surface area contributed by atoms with Gasteiger partial charge in [0.1, 0.15) is 5.00 Å². The number of aromatic nitrogens is 2. The first-order valence-electron chi connectivity index (χ1n) is 9.73. The van der Waals surface area contributed by atoms with Gasteiger partial charge in [0.2, 0.25) is 11.8 Å². The summed E-state index contributed by atoms with van der Waals surface area (Å²) in [4.78, 5) is 41.8. The number of hydrogen-bond donors (Lipinski definition) is 1. The lowest BCUT2D eigenvalue weighted by Gasteiger charge is -2.27. The molecule has 8 nitrogen and oxygen atoms in total. The summed E-state index contributed by atoms with van der Waals surface area (Å²) in [5.41, 5.74) is 4.78. The number of aryl methyl sites for hydroxylation is 2. The van der Waals surface area contributed by atoms with Crippen molar-refractivity contribution in [2.24, 2.45) is 7.05 Å². The van der Waals surface area contributed by atoms with Gasteiger partial charge in [-0.2, -0.15) is 5.10 Å². The average molecular weight is 416 g/mol. The van der Waals surface area contributed by atoms with Crippen molar-refractivity contribution in [3.05, 3.63) is 33.0 Å². The van der Waals surface area contributed by atoms with Gasteiger partial charge in [0.05, 0.1) is 24.3 Å². The van der Waals surface area contributed by atoms with Gasteiger partial charge in [0.25, 0.3) is 5.91 Å². The number of hydrogen-bond acceptors (Lipinski definition) is 5. The molecule has 3 amide bonds. The molecule has 0 fully saturated rings. The topological polar surface area (TPSA) is 87.5 Å². The molecule has 0 aromatic carbocycles. The van der Waals surface area contributed by atoms with Crippen molar-refractivity contribution < 1.29 is 14.4 Å². The summed E-state index contributed by atoms with van der Waals surface area (Å²) in [6.07, 6.45) is 1.74. The van der Waals surface area contributed by atoms with E-state index in [-0.39, 0.29) is 24.3 Å². The van der Waals surface area contributed by atoms with E-state index in [0.29, 0.717) is 42.9 Å². The van der Waals surface area contributed by atoms with Crippen LogP contribution in [0.1, 0.15) is 44.2 Å². The molecule has 2 aliphatic heterocycles. The molecule has 0 spiro atoms. The van der Waals surface area contributed by atoms with Crippen LogP contribution in [0, 0.1) is 13.8 Å². The molecule has 0 unspecified atom stereocenters. The Morgan fingerprint density at radius 2 is 1.97 bits per heavy atom. The summed E-state index contributed by atoms with van der Waals surface area (Å²) in [6, 6.07) is 0. The Bertz CT molecular complexity index is 1020. The number of nitrogens with zero attached hydrogens (tertiary/aromatic N) is 4. The number of amides is 3. The van der Waals surface area contributed by atoms with Crippen LogP contribution >= 0.6 is 11.3 Å². The van der Waals surface area contributed by atoms with Crippen LogP contribution in [0.4, 0.5) is 5.00 Å². The third-order valence-corrected chi connectivity index (χ3v) is 6.98. The normalized spacial score (nSPS) is 16.4. The van der Waals surface area contributed by atoms with Crippen molar-refractivity contribution in [2.75, 3.05) is 25.5 Å². The number of anilines is 1. The predicted octanol–water partition coefficient (Wildman–Crippen LogP) is 1.64. The zero-order valence-electron chi connectivity index (χ0n) is 17.2. The number of likely N-dealkylation sites (N-methyl/N-ethyl adjacent to an activating group) is 1. The van der Waals surface area contributed by atoms with E-state index in [9.17, 15) is 14.4 Å². The molecule has 0 radical (unpaired) electrons. The second-order valence-electron chi connectivity index (χ2n) is 7.76. The Labute approximate surface area is 173 Å². The Hall–Kier alpha value is -2.68. The standard InChI is InChI=1S/C20H25N5O3S/c1-11-13(12(2)24(4)22-11)5-6-17(27)25-8-7-14-15(9-25)29-19-18(14)20(28)23(3)10-16(26)21-19/h5-10H2,1-4H3,(H,21,26). The van der Waals surface area contributed by atoms with Crippen molar-refractivity contribution in [2.45, 2.75) is 39.7 Å². The molecular weight excluding hydrogens is 390 g/mol. The minimum absolute atomic E-state index is 0.0623. The van der Waals surface area contributed by atoms with Crippen LogP contribution in [0.15, 0.2) is 0 Å². The molecule has 0 saturated carbocycles. The number of carbonyl (C=O) groups excluding carboxylic acids is 3. The highest BCUT2D eigenvalue weighted by Gasteiger charge is 2.33. The van der Waals surface area contributed by atoms with Crippen molar-refractivity contribution >= 4 is 34.1 Å². The van der Waals surface area contributed by atoms with Crippen LogP contribution in [0.3, 0.4) is 0 Å². The molecule has 0 aliphatic carbocycles. The Morgan fingerprint density at radius 3 is 2.66 bits per heavy atom. The van der Waals surface area contributed by atoms with Crippen molar-refractivity contribution in [3.8, 4) is 0 Å². The van der Waals surface area contributed by atoms with Gasteiger partial charge in [-0.15, -0.1) is 11.3 Å². The average Bonchev–Trinajstić information content (AvgIpc) is 3.10. The molecule has 4 heterocycles. The molecular formula is C20H25N5O3S. The Kier molecular flexibility index (Phi) is 4.94. The summed E-state index contributed by atoms with van der Waals surface area (Å²) >= 11 is 1.42. The van der Waals surface area contributed by atoms with E-state index in [1.807, 2.05) is 30.5 Å². The van der Waals surface area contributed by atoms with Crippen molar-refractivity contribution in [1.29, 1.82) is 0 Å². The lowest BCUT2D eigenvalue weighted by molar-refractivity contribution is -0.132. The maximum Gasteiger partial charge on any atom is 0.257 e. The quantitative estimate of drug-likeness (QED) is 0.826. The summed E-state index contributed by atoms with van der Waals surface area (Å²) in [7, 11) is 3.56. The Balaban J connectivity index is 1.49. The van der Waals surface area contributed by atoms with E-state index in [0.717, 1.165) is 27.4 Å². The molecule has 4 rings (SSSR count). The second-order valence-corrected chi connectivity index (χ2v) is 8.86. The third-order valence-electron chi connectivity index (χ3n) is 5.85. The monoisotopic (exact) mass is 415 g/mol. The minimum Gasteiger partial charge on any atom is -0.337 e. The van der Waals surface area contributed by atoms with Gasteiger partial charge in [0, 0.05) is 37.6 Å². The molecule has 9 heteroatoms. The van der Waals surface area contributed by atoms with Crippen LogP contribution < -0.4 is 5.32 Å². The van der Waals surface area contributed by atoms with Gasteiger partial charge in [0.15, 0.2) is 0 Å². The van der Waals surface area contributed by atoms with Crippen LogP contribution in [-0.2, 0) is 36.0 Å². The number of fused-ring (bicyclic) bond motifs is 3. The van der Waals surface area contributed by atoms with Gasteiger partial charge >= 0.3 is 0 Å². The van der Waals surface area contributed by atoms with Gasteiger partial charge < -0.3 is 15.1 Å². The van der Waals surface area contributed by atoms with Crippen LogP contribution in [-0.4, -0.2) is 57.4 Å². The van der Waals surface area contributed by atoms with Crippen molar-refractivity contribution in [3.63, 3.8) is 0 Å². The zero-order chi connectivity index (χ0) is 20.9. The fourth-order valence-corrected chi connectivity index (χ4v) is 5.42. The maximum absolute atomic E-state index is 12.8. The Morgan fingerprint density at radius 1 is 1.21 bits per heavy atom. The maximum atomic E-state index is 12.8. The van der Waals surface area contributed by atoms with Gasteiger partial charge in [-0.3, -0.25) is 19.1 Å². The van der Waals surface area contributed by atoms with E-state index in [1.54, 1.807) is 7.05 Å². The first-order valence-corrected chi connectivity index (χ1v) is 10.5. The fourth-order valence-electron chi connectivity index (χ4n) is 4.14. The van der Waals surface area contributed by atoms with E-state index >= 15 is 0 Å². The fraction of sp³-hybridized carbons (Fsp3) is 0.500. The molecule has 29 heavy (non-hydrogen) atoms. The van der Waals surface area contributed by atoms with E-state index in [1.165, 1.54) is 16.2 Å². The zero-order valence-corrected chi connectivity index (χ0v) is 18.0. The molecule has 0 saturated heterocycles. The first-order chi connectivity index (χ1) is 13.8. The van der Waals surface area contributed by atoms with Gasteiger partial charge in [-0.05, 0) is 37.8 Å². The van der Waals surface area contributed by atoms with E-state index < -0.39 is 0 Å². The first kappa shape index (κ1) is 19.6. The molecule has 1 N–H and O–H groups in total. The van der Waals surface area contributed by atoms with Gasteiger partial charge in [-0.25, -0.2) is 0 Å².